The van der Waals surface area contributed by atoms with Crippen LogP contribution in [0.2, 0.25) is 0 Å². The first-order chi connectivity index (χ1) is 40.2. The zero-order chi connectivity index (χ0) is 59.8. The number of carbonyl (C=O) groups excluding carboxylic acids is 2. The monoisotopic (exact) mass is 1190 g/mol. The molecule has 82 heavy (non-hydrogen) atoms. The number of esters is 2. The van der Waals surface area contributed by atoms with Crippen molar-refractivity contribution in [1.29, 1.82) is 0 Å². The standard InChI is InChI=1S/C68H130O13S/c1-6-10-14-18-22-24-27-32-41-49-65(48-40-31-26-23-19-15-11-7-2)81-68(70)64(46-38-30-25-20-16-12-8-3)47-39-34-37-43-51-76-62-66(63-77-59-58-74-55-54-73-56-57-75-60-61-80-82(5,71)72)78-52-44-36-29-33-42-50-67(69)79-53-45-35-28-21-17-13-9-4/h30,35,38,45,64-66H,6-29,31-34,36-37,39-44,46-63H2,1-5H3/b38-30-,45-35-. The summed E-state index contributed by atoms with van der Waals surface area (Å²) in [6.07, 6.45) is 56.5. The Labute approximate surface area is 505 Å². The van der Waals surface area contributed by atoms with Gasteiger partial charge < -0.3 is 37.9 Å². The lowest BCUT2D eigenvalue weighted by Gasteiger charge is -2.22. The summed E-state index contributed by atoms with van der Waals surface area (Å²) >= 11 is 0. The normalized spacial score (nSPS) is 13.2. The summed E-state index contributed by atoms with van der Waals surface area (Å²) in [6, 6.07) is 0. The van der Waals surface area contributed by atoms with Gasteiger partial charge in [-0.1, -0.05) is 225 Å². The SMILES string of the molecule is CCCCCC/C=C\COC(=O)CCCCCCCOC(COCCCCCCC(C/C=C\CCCCCC)C(=O)OC(CCCCCCCCCC)CCCCCCCCCCC)COCCOCCOCCOCCOS(C)(=O)=O. The van der Waals surface area contributed by atoms with E-state index in [1.807, 2.05) is 6.08 Å². The van der Waals surface area contributed by atoms with E-state index in [0.29, 0.717) is 79.1 Å². The minimum absolute atomic E-state index is 0.0159. The van der Waals surface area contributed by atoms with Gasteiger partial charge in [0.15, 0.2) is 0 Å². The van der Waals surface area contributed by atoms with Crippen molar-refractivity contribution in [2.75, 3.05) is 92.1 Å². The van der Waals surface area contributed by atoms with E-state index in [1.54, 1.807) is 0 Å². The Kier molecular flexibility index (Phi) is 63.6. The van der Waals surface area contributed by atoms with Crippen LogP contribution in [0.3, 0.4) is 0 Å². The van der Waals surface area contributed by atoms with Crippen LogP contribution in [-0.2, 0) is 61.8 Å². The molecule has 0 bridgehead atoms. The Bertz CT molecular complexity index is 1490. The molecule has 0 fully saturated rings. The molecule has 0 saturated heterocycles. The van der Waals surface area contributed by atoms with Gasteiger partial charge in [-0.2, -0.15) is 8.42 Å². The van der Waals surface area contributed by atoms with Gasteiger partial charge in [-0.05, 0) is 83.5 Å². The van der Waals surface area contributed by atoms with Crippen molar-refractivity contribution in [1.82, 2.24) is 0 Å². The third kappa shape index (κ3) is 62.6. The number of carbonyl (C=O) groups is 2. The van der Waals surface area contributed by atoms with Crippen LogP contribution in [0.4, 0.5) is 0 Å². The van der Waals surface area contributed by atoms with E-state index >= 15 is 0 Å². The molecule has 13 nitrogen and oxygen atoms in total. The second-order valence-electron chi connectivity index (χ2n) is 22.9. The molecule has 0 rings (SSSR count). The first-order valence-electron chi connectivity index (χ1n) is 34.2. The zero-order valence-corrected chi connectivity index (χ0v) is 54.8. The lowest BCUT2D eigenvalue weighted by molar-refractivity contribution is -0.155. The molecule has 0 aliphatic carbocycles. The number of hydrogen-bond donors (Lipinski definition) is 0. The summed E-state index contributed by atoms with van der Waals surface area (Å²) in [6.45, 7) is 14.0. The van der Waals surface area contributed by atoms with E-state index in [-0.39, 0.29) is 43.3 Å². The predicted octanol–water partition coefficient (Wildman–Crippen LogP) is 17.7. The average Bonchev–Trinajstić information content (AvgIpc) is 3.46. The van der Waals surface area contributed by atoms with Gasteiger partial charge in [0, 0.05) is 19.6 Å². The topological polar surface area (TPSA) is 151 Å². The Hall–Kier alpha value is -1.91. The van der Waals surface area contributed by atoms with Crippen LogP contribution in [0.25, 0.3) is 0 Å². The number of rotatable bonds is 68. The minimum Gasteiger partial charge on any atom is -0.462 e. The molecule has 486 valence electrons. The highest BCUT2D eigenvalue weighted by atomic mass is 32.2. The average molecular weight is 1190 g/mol. The van der Waals surface area contributed by atoms with Crippen molar-refractivity contribution >= 4 is 22.1 Å². The van der Waals surface area contributed by atoms with Gasteiger partial charge in [-0.15, -0.1) is 0 Å². The van der Waals surface area contributed by atoms with Crippen LogP contribution in [0, 0.1) is 5.92 Å². The predicted molar refractivity (Wildman–Crippen MR) is 339 cm³/mol. The van der Waals surface area contributed by atoms with E-state index in [1.165, 1.54) is 148 Å². The van der Waals surface area contributed by atoms with E-state index in [0.717, 1.165) is 115 Å². The molecule has 0 spiro atoms. The van der Waals surface area contributed by atoms with Crippen molar-refractivity contribution in [3.8, 4) is 0 Å². The van der Waals surface area contributed by atoms with Gasteiger partial charge >= 0.3 is 11.9 Å². The minimum atomic E-state index is -3.47. The smallest absolute Gasteiger partial charge is 0.309 e. The van der Waals surface area contributed by atoms with E-state index in [4.69, 9.17) is 37.9 Å². The van der Waals surface area contributed by atoms with Crippen molar-refractivity contribution in [3.05, 3.63) is 24.3 Å². The quantitative estimate of drug-likeness (QED) is 0.0246. The molecule has 0 aliphatic heterocycles. The number of allylic oxidation sites excluding steroid dienone is 3. The molecule has 0 aromatic heterocycles. The highest BCUT2D eigenvalue weighted by Crippen LogP contribution is 2.23. The third-order valence-corrected chi connectivity index (χ3v) is 15.5. The van der Waals surface area contributed by atoms with Crippen LogP contribution in [0.5, 0.6) is 0 Å². The van der Waals surface area contributed by atoms with Crippen LogP contribution in [0.15, 0.2) is 24.3 Å². The molecule has 0 amide bonds. The zero-order valence-electron chi connectivity index (χ0n) is 53.9. The molecular weight excluding hydrogens is 1060 g/mol. The van der Waals surface area contributed by atoms with Crippen LogP contribution in [-0.4, -0.2) is 125 Å². The lowest BCUT2D eigenvalue weighted by Crippen LogP contribution is -2.27. The molecular formula is C68H130O13S. The first kappa shape index (κ1) is 80.1. The highest BCUT2D eigenvalue weighted by molar-refractivity contribution is 7.85. The molecule has 0 N–H and O–H groups in total. The maximum Gasteiger partial charge on any atom is 0.309 e. The largest absolute Gasteiger partial charge is 0.462 e. The van der Waals surface area contributed by atoms with Gasteiger partial charge in [0.25, 0.3) is 10.1 Å². The molecule has 3 atom stereocenters. The van der Waals surface area contributed by atoms with Crippen molar-refractivity contribution < 1.29 is 60.1 Å². The maximum absolute atomic E-state index is 14.1. The molecule has 14 heteroatoms. The molecule has 0 saturated carbocycles. The van der Waals surface area contributed by atoms with Gasteiger partial charge in [-0.25, -0.2) is 0 Å². The van der Waals surface area contributed by atoms with Crippen molar-refractivity contribution in [3.63, 3.8) is 0 Å². The molecule has 0 radical (unpaired) electrons. The van der Waals surface area contributed by atoms with Gasteiger partial charge in [0.05, 0.1) is 78.2 Å². The summed E-state index contributed by atoms with van der Waals surface area (Å²) in [5.74, 6) is -0.193. The summed E-state index contributed by atoms with van der Waals surface area (Å²) in [4.78, 5) is 26.2. The summed E-state index contributed by atoms with van der Waals surface area (Å²) in [7, 11) is -3.47. The van der Waals surface area contributed by atoms with Crippen molar-refractivity contribution in [2.24, 2.45) is 5.92 Å². The van der Waals surface area contributed by atoms with Crippen LogP contribution in [0.1, 0.15) is 291 Å². The van der Waals surface area contributed by atoms with Crippen LogP contribution < -0.4 is 0 Å². The summed E-state index contributed by atoms with van der Waals surface area (Å²) < 4.78 is 73.6. The van der Waals surface area contributed by atoms with E-state index < -0.39 is 10.1 Å². The molecule has 0 aliphatic rings. The first-order valence-corrected chi connectivity index (χ1v) is 36.0. The fraction of sp³-hybridized carbons (Fsp3) is 0.912. The van der Waals surface area contributed by atoms with E-state index in [2.05, 4.69) is 50.1 Å². The Morgan fingerprint density at radius 1 is 0.390 bits per heavy atom. The number of ether oxygens (including phenoxy) is 8. The Morgan fingerprint density at radius 2 is 0.793 bits per heavy atom. The summed E-state index contributed by atoms with van der Waals surface area (Å²) in [5, 5.41) is 0. The van der Waals surface area contributed by atoms with Gasteiger partial charge in [0.2, 0.25) is 0 Å². The van der Waals surface area contributed by atoms with Crippen LogP contribution >= 0.6 is 0 Å². The molecule has 0 aromatic rings. The second kappa shape index (κ2) is 65.1. The maximum atomic E-state index is 14.1. The fourth-order valence-corrected chi connectivity index (χ4v) is 10.1. The number of hydrogen-bond acceptors (Lipinski definition) is 13. The highest BCUT2D eigenvalue weighted by Gasteiger charge is 2.23. The van der Waals surface area contributed by atoms with Gasteiger partial charge in [-0.3, -0.25) is 13.8 Å². The van der Waals surface area contributed by atoms with Crippen molar-refractivity contribution in [2.45, 2.75) is 303 Å². The molecule has 3 unspecified atom stereocenters. The molecule has 0 aromatic carbocycles. The summed E-state index contributed by atoms with van der Waals surface area (Å²) in [5.41, 5.74) is 0. The van der Waals surface area contributed by atoms with E-state index in [9.17, 15) is 18.0 Å². The molecule has 0 heterocycles. The second-order valence-corrected chi connectivity index (χ2v) is 24.6. The third-order valence-electron chi connectivity index (χ3n) is 14.9. The number of unbranched alkanes of at least 4 members (excludes halogenated alkanes) is 30. The Morgan fingerprint density at radius 3 is 1.30 bits per heavy atom. The Balaban J connectivity index is 5.10. The van der Waals surface area contributed by atoms with Gasteiger partial charge in [0.1, 0.15) is 18.8 Å². The lowest BCUT2D eigenvalue weighted by atomic mass is 9.96. The fourth-order valence-electron chi connectivity index (χ4n) is 9.78.